The Bertz CT molecular complexity index is 1220. The van der Waals surface area contributed by atoms with Crippen LogP contribution in [0.5, 0.6) is 5.75 Å². The second kappa shape index (κ2) is 8.99. The van der Waals surface area contributed by atoms with Crippen molar-refractivity contribution in [2.75, 3.05) is 23.8 Å². The number of ether oxygens (including phenoxy) is 1. The van der Waals surface area contributed by atoms with Gasteiger partial charge in [0.15, 0.2) is 0 Å². The third kappa shape index (κ3) is 4.84. The molecule has 3 aromatic carbocycles. The maximum atomic E-state index is 13.1. The van der Waals surface area contributed by atoms with Crippen LogP contribution < -0.4 is 14.4 Å². The molecule has 0 saturated carbocycles. The fraction of sp³-hybridized carbons (Fsp3) is 0.174. The van der Waals surface area contributed by atoms with Crippen molar-refractivity contribution in [1.29, 1.82) is 0 Å². The third-order valence-corrected chi connectivity index (χ3v) is 7.02. The number of amides is 1. The second-order valence-electron chi connectivity index (χ2n) is 7.08. The van der Waals surface area contributed by atoms with Gasteiger partial charge in [-0.25, -0.2) is 8.42 Å². The normalized spacial score (nSPS) is 11.1. The molecule has 3 rings (SSSR count). The van der Waals surface area contributed by atoms with Crippen molar-refractivity contribution >= 4 is 38.9 Å². The average Bonchev–Trinajstić information content (AvgIpc) is 2.75. The number of carbonyl (C=O) groups is 1. The molecule has 0 radical (unpaired) electrons. The highest BCUT2D eigenvalue weighted by molar-refractivity contribution is 7.92. The summed E-state index contributed by atoms with van der Waals surface area (Å²) in [6.45, 7) is 3.85. The maximum Gasteiger partial charge on any atom is 0.264 e. The number of halogens is 1. The Morgan fingerprint density at radius 2 is 1.68 bits per heavy atom. The summed E-state index contributed by atoms with van der Waals surface area (Å²) in [6, 6.07) is 16.3. The molecule has 0 heterocycles. The number of nitrogens with zero attached hydrogens (tertiary/aromatic N) is 1. The highest BCUT2D eigenvalue weighted by atomic mass is 35.5. The SMILES string of the molecule is COc1ccc(N(C)S(=O)(=O)c2ccc(Cl)c(C(=O)Nc3ccc(C)cc3C)c2)cc1. The van der Waals surface area contributed by atoms with Gasteiger partial charge in [-0.1, -0.05) is 29.3 Å². The Labute approximate surface area is 187 Å². The van der Waals surface area contributed by atoms with Crippen molar-refractivity contribution in [3.63, 3.8) is 0 Å². The topological polar surface area (TPSA) is 75.7 Å². The summed E-state index contributed by atoms with van der Waals surface area (Å²) >= 11 is 6.22. The van der Waals surface area contributed by atoms with E-state index in [0.29, 0.717) is 17.1 Å². The summed E-state index contributed by atoms with van der Waals surface area (Å²) in [5.74, 6) is 0.132. The molecule has 0 spiro atoms. The monoisotopic (exact) mass is 458 g/mol. The van der Waals surface area contributed by atoms with Crippen LogP contribution in [-0.4, -0.2) is 28.5 Å². The second-order valence-corrected chi connectivity index (χ2v) is 9.46. The van der Waals surface area contributed by atoms with Crippen LogP contribution in [0, 0.1) is 13.8 Å². The number of anilines is 2. The van der Waals surface area contributed by atoms with Gasteiger partial charge in [0.25, 0.3) is 15.9 Å². The Kier molecular flexibility index (Phi) is 6.57. The van der Waals surface area contributed by atoms with Crippen molar-refractivity contribution < 1.29 is 17.9 Å². The van der Waals surface area contributed by atoms with Crippen molar-refractivity contribution in [3.8, 4) is 5.75 Å². The number of benzene rings is 3. The molecule has 3 aromatic rings. The summed E-state index contributed by atoms with van der Waals surface area (Å²) in [4.78, 5) is 12.8. The first-order valence-corrected chi connectivity index (χ1v) is 11.3. The van der Waals surface area contributed by atoms with Crippen LogP contribution in [0.3, 0.4) is 0 Å². The Morgan fingerprint density at radius 3 is 2.29 bits per heavy atom. The van der Waals surface area contributed by atoms with Gasteiger partial charge in [-0.05, 0) is 67.9 Å². The summed E-state index contributed by atoms with van der Waals surface area (Å²) in [6.07, 6.45) is 0. The molecule has 0 aromatic heterocycles. The standard InChI is InChI=1S/C23H23ClN2O4S/c1-15-5-12-22(16(2)13-15)25-23(27)20-14-19(10-11-21(20)24)31(28,29)26(3)17-6-8-18(30-4)9-7-17/h5-14H,1-4H3,(H,25,27). The molecule has 0 bridgehead atoms. The molecule has 31 heavy (non-hydrogen) atoms. The van der Waals surface area contributed by atoms with E-state index < -0.39 is 15.9 Å². The third-order valence-electron chi connectivity index (χ3n) is 4.91. The van der Waals surface area contributed by atoms with Crippen molar-refractivity contribution in [3.05, 3.63) is 82.4 Å². The largest absolute Gasteiger partial charge is 0.497 e. The van der Waals surface area contributed by atoms with E-state index in [1.165, 1.54) is 32.4 Å². The van der Waals surface area contributed by atoms with Crippen LogP contribution in [0.15, 0.2) is 65.6 Å². The molecule has 8 heteroatoms. The summed E-state index contributed by atoms with van der Waals surface area (Å²) in [5, 5.41) is 2.96. The smallest absolute Gasteiger partial charge is 0.264 e. The summed E-state index contributed by atoms with van der Waals surface area (Å²) < 4.78 is 32.5. The zero-order valence-corrected chi connectivity index (χ0v) is 19.2. The van der Waals surface area contributed by atoms with Gasteiger partial charge < -0.3 is 10.1 Å². The lowest BCUT2D eigenvalue weighted by atomic mass is 10.1. The molecule has 0 aliphatic heterocycles. The number of nitrogens with one attached hydrogen (secondary N) is 1. The van der Waals surface area contributed by atoms with Crippen LogP contribution >= 0.6 is 11.6 Å². The van der Waals surface area contributed by atoms with E-state index in [-0.39, 0.29) is 15.5 Å². The van der Waals surface area contributed by atoms with Gasteiger partial charge in [0.2, 0.25) is 0 Å². The van der Waals surface area contributed by atoms with Crippen molar-refractivity contribution in [2.24, 2.45) is 0 Å². The molecule has 1 amide bonds. The lowest BCUT2D eigenvalue weighted by Crippen LogP contribution is -2.27. The minimum atomic E-state index is -3.92. The predicted molar refractivity (Wildman–Crippen MR) is 124 cm³/mol. The fourth-order valence-electron chi connectivity index (χ4n) is 3.07. The molecular weight excluding hydrogens is 436 g/mol. The minimum absolute atomic E-state index is 0.0407. The first-order chi connectivity index (χ1) is 14.6. The van der Waals surface area contributed by atoms with E-state index in [2.05, 4.69) is 5.32 Å². The molecule has 162 valence electrons. The lowest BCUT2D eigenvalue weighted by molar-refractivity contribution is 0.102. The van der Waals surface area contributed by atoms with Gasteiger partial charge in [0.1, 0.15) is 5.75 Å². The first-order valence-electron chi connectivity index (χ1n) is 9.44. The number of hydrogen-bond donors (Lipinski definition) is 1. The van der Waals surface area contributed by atoms with Gasteiger partial charge in [0.05, 0.1) is 28.3 Å². The van der Waals surface area contributed by atoms with Crippen LogP contribution in [0.25, 0.3) is 0 Å². The molecule has 0 aliphatic carbocycles. The van der Waals surface area contributed by atoms with E-state index in [4.69, 9.17) is 16.3 Å². The number of hydrogen-bond acceptors (Lipinski definition) is 4. The zero-order valence-electron chi connectivity index (χ0n) is 17.6. The van der Waals surface area contributed by atoms with E-state index in [0.717, 1.165) is 15.4 Å². The van der Waals surface area contributed by atoms with E-state index in [1.807, 2.05) is 26.0 Å². The van der Waals surface area contributed by atoms with E-state index in [9.17, 15) is 13.2 Å². The van der Waals surface area contributed by atoms with Crippen LogP contribution in [0.1, 0.15) is 21.5 Å². The van der Waals surface area contributed by atoms with E-state index in [1.54, 1.807) is 30.3 Å². The molecule has 0 fully saturated rings. The summed E-state index contributed by atoms with van der Waals surface area (Å²) in [5.41, 5.74) is 3.13. The Balaban J connectivity index is 1.92. The number of sulfonamides is 1. The van der Waals surface area contributed by atoms with Gasteiger partial charge in [0, 0.05) is 12.7 Å². The Morgan fingerprint density at radius 1 is 1.00 bits per heavy atom. The van der Waals surface area contributed by atoms with Gasteiger partial charge in [-0.2, -0.15) is 0 Å². The number of carbonyl (C=O) groups excluding carboxylic acids is 1. The van der Waals surface area contributed by atoms with Crippen LogP contribution in [0.2, 0.25) is 5.02 Å². The average molecular weight is 459 g/mol. The fourth-order valence-corrected chi connectivity index (χ4v) is 4.50. The summed E-state index contributed by atoms with van der Waals surface area (Å²) in [7, 11) is -0.936. The van der Waals surface area contributed by atoms with Crippen molar-refractivity contribution in [2.45, 2.75) is 18.7 Å². The molecule has 0 atom stereocenters. The zero-order chi connectivity index (χ0) is 22.8. The number of rotatable bonds is 6. The molecule has 0 saturated heterocycles. The highest BCUT2D eigenvalue weighted by Crippen LogP contribution is 2.28. The minimum Gasteiger partial charge on any atom is -0.497 e. The number of methoxy groups -OCH3 is 1. The first kappa shape index (κ1) is 22.7. The lowest BCUT2D eigenvalue weighted by Gasteiger charge is -2.20. The Hall–Kier alpha value is -3.03. The van der Waals surface area contributed by atoms with Crippen LogP contribution in [-0.2, 0) is 10.0 Å². The highest BCUT2D eigenvalue weighted by Gasteiger charge is 2.24. The molecule has 6 nitrogen and oxygen atoms in total. The van der Waals surface area contributed by atoms with Crippen LogP contribution in [0.4, 0.5) is 11.4 Å². The van der Waals surface area contributed by atoms with Gasteiger partial charge in [-0.3, -0.25) is 9.10 Å². The molecule has 1 N–H and O–H groups in total. The quantitative estimate of drug-likeness (QED) is 0.561. The predicted octanol–water partition coefficient (Wildman–Crippen LogP) is 5.04. The molecule has 0 aliphatic rings. The number of aryl methyl sites for hydroxylation is 2. The molecular formula is C23H23ClN2O4S. The maximum absolute atomic E-state index is 13.1. The van der Waals surface area contributed by atoms with Gasteiger partial charge in [-0.15, -0.1) is 0 Å². The van der Waals surface area contributed by atoms with E-state index >= 15 is 0 Å². The van der Waals surface area contributed by atoms with Crippen molar-refractivity contribution in [1.82, 2.24) is 0 Å². The molecule has 0 unspecified atom stereocenters. The van der Waals surface area contributed by atoms with Gasteiger partial charge >= 0.3 is 0 Å².